The fourth-order valence-electron chi connectivity index (χ4n) is 3.84. The van der Waals surface area contributed by atoms with Crippen molar-refractivity contribution in [2.75, 3.05) is 12.4 Å². The number of carbonyl (C=O) groups is 1. The van der Waals surface area contributed by atoms with Crippen molar-refractivity contribution in [2.24, 2.45) is 5.10 Å². The molecule has 1 aliphatic rings. The maximum absolute atomic E-state index is 12.9. The lowest BCUT2D eigenvalue weighted by Gasteiger charge is -2.32. The largest absolute Gasteiger partial charge is 0.486 e. The second kappa shape index (κ2) is 10.5. The molecule has 0 radical (unpaired) electrons. The minimum absolute atomic E-state index is 0.237. The Bertz CT molecular complexity index is 1250. The van der Waals surface area contributed by atoms with E-state index < -0.39 is 5.97 Å². The summed E-state index contributed by atoms with van der Waals surface area (Å²) in [5, 5.41) is 9.50. The maximum Gasteiger partial charge on any atom is 0.360 e. The minimum Gasteiger partial charge on any atom is -0.486 e. The van der Waals surface area contributed by atoms with Crippen molar-refractivity contribution in [1.82, 2.24) is 5.01 Å². The molecule has 0 saturated heterocycles. The number of hydrogen-bond acceptors (Lipinski definition) is 6. The van der Waals surface area contributed by atoms with Gasteiger partial charge in [-0.1, -0.05) is 54.6 Å². The van der Waals surface area contributed by atoms with Crippen LogP contribution >= 0.6 is 0 Å². The lowest BCUT2D eigenvalue weighted by Crippen LogP contribution is -2.29. The highest BCUT2D eigenvalue weighted by Crippen LogP contribution is 2.41. The van der Waals surface area contributed by atoms with Crippen LogP contribution in [0, 0.1) is 0 Å². The highest BCUT2D eigenvalue weighted by atomic mass is 16.5. The molecule has 0 bridgehead atoms. The summed E-state index contributed by atoms with van der Waals surface area (Å²) in [5.41, 5.74) is 5.57. The number of allylic oxidation sites excluding steroid dienone is 1. The van der Waals surface area contributed by atoms with Crippen LogP contribution in [0.15, 0.2) is 95.7 Å². The average molecular weight is 454 g/mol. The molecule has 0 aliphatic carbocycles. The third kappa shape index (κ3) is 4.71. The van der Waals surface area contributed by atoms with E-state index in [1.165, 1.54) is 7.11 Å². The third-order valence-corrected chi connectivity index (χ3v) is 5.37. The first kappa shape index (κ1) is 22.9. The standard InChI is InChI=1S/C28H27N3O3/c1-4-25-24-18-22(30-21-14-10-7-11-15-21)16-17-23(24)27(34-19-20-12-8-6-9-13-20)26(28(32)33-3)31(25)29-5-2/h4-18,30H,19H2,1-3H3/b25-4+,29-5-. The van der Waals surface area contributed by atoms with Gasteiger partial charge in [-0.05, 0) is 49.7 Å². The van der Waals surface area contributed by atoms with Crippen LogP contribution < -0.4 is 5.32 Å². The molecule has 0 amide bonds. The van der Waals surface area contributed by atoms with Gasteiger partial charge in [-0.15, -0.1) is 0 Å². The lowest BCUT2D eigenvalue weighted by atomic mass is 9.96. The van der Waals surface area contributed by atoms with Gasteiger partial charge >= 0.3 is 5.97 Å². The van der Waals surface area contributed by atoms with Crippen molar-refractivity contribution in [1.29, 1.82) is 0 Å². The van der Waals surface area contributed by atoms with Gasteiger partial charge in [0.05, 0.1) is 12.8 Å². The maximum atomic E-state index is 12.9. The fraction of sp³-hybridized carbons (Fsp3) is 0.143. The van der Waals surface area contributed by atoms with Crippen LogP contribution in [0.4, 0.5) is 11.4 Å². The molecule has 6 heteroatoms. The Hall–Kier alpha value is -4.32. The van der Waals surface area contributed by atoms with Crippen LogP contribution in [0.3, 0.4) is 0 Å². The number of nitrogens with one attached hydrogen (secondary N) is 1. The van der Waals surface area contributed by atoms with Gasteiger partial charge < -0.3 is 14.8 Å². The zero-order valence-corrected chi connectivity index (χ0v) is 19.5. The van der Waals surface area contributed by atoms with Crippen LogP contribution in [0.2, 0.25) is 0 Å². The first-order valence-corrected chi connectivity index (χ1v) is 11.1. The van der Waals surface area contributed by atoms with Crippen molar-refractivity contribution in [3.8, 4) is 0 Å². The summed E-state index contributed by atoms with van der Waals surface area (Å²) in [5.74, 6) is -0.0988. The highest BCUT2D eigenvalue weighted by Gasteiger charge is 2.35. The van der Waals surface area contributed by atoms with Crippen molar-refractivity contribution in [3.63, 3.8) is 0 Å². The molecule has 0 spiro atoms. The number of methoxy groups -OCH3 is 1. The van der Waals surface area contributed by atoms with E-state index in [-0.39, 0.29) is 5.70 Å². The number of nitrogens with zero attached hydrogens (tertiary/aromatic N) is 2. The quantitative estimate of drug-likeness (QED) is 0.342. The van der Waals surface area contributed by atoms with Crippen LogP contribution in [-0.2, 0) is 20.9 Å². The second-order valence-corrected chi connectivity index (χ2v) is 7.55. The van der Waals surface area contributed by atoms with Gasteiger partial charge in [0.2, 0.25) is 0 Å². The summed E-state index contributed by atoms with van der Waals surface area (Å²) >= 11 is 0. The Balaban J connectivity index is 1.83. The summed E-state index contributed by atoms with van der Waals surface area (Å²) in [7, 11) is 1.36. The molecule has 0 atom stereocenters. The van der Waals surface area contributed by atoms with Gasteiger partial charge in [-0.25, -0.2) is 9.80 Å². The molecular weight excluding hydrogens is 426 g/mol. The molecule has 3 aromatic rings. The summed E-state index contributed by atoms with van der Waals surface area (Å²) in [6, 6.07) is 25.8. The van der Waals surface area contributed by atoms with E-state index in [1.54, 1.807) is 18.1 Å². The Labute approximate surface area is 199 Å². The van der Waals surface area contributed by atoms with E-state index in [4.69, 9.17) is 9.47 Å². The van der Waals surface area contributed by atoms with E-state index in [0.29, 0.717) is 12.4 Å². The number of rotatable bonds is 7. The van der Waals surface area contributed by atoms with E-state index in [9.17, 15) is 4.79 Å². The Morgan fingerprint density at radius 3 is 2.29 bits per heavy atom. The van der Waals surface area contributed by atoms with Crippen LogP contribution in [0.25, 0.3) is 11.5 Å². The number of esters is 1. The van der Waals surface area contributed by atoms with Crippen molar-refractivity contribution >= 4 is 35.0 Å². The smallest absolute Gasteiger partial charge is 0.360 e. The summed E-state index contributed by atoms with van der Waals surface area (Å²) in [6.45, 7) is 4.02. The molecule has 1 N–H and O–H groups in total. The van der Waals surface area contributed by atoms with Crippen molar-refractivity contribution < 1.29 is 14.3 Å². The summed E-state index contributed by atoms with van der Waals surface area (Å²) < 4.78 is 11.4. The predicted molar refractivity (Wildman–Crippen MR) is 136 cm³/mol. The van der Waals surface area contributed by atoms with Gasteiger partial charge in [0.15, 0.2) is 11.5 Å². The zero-order chi connectivity index (χ0) is 23.9. The Kier molecular flexibility index (Phi) is 7.08. The van der Waals surface area contributed by atoms with Crippen LogP contribution in [0.5, 0.6) is 0 Å². The van der Waals surface area contributed by atoms with Gasteiger partial charge in [0, 0.05) is 28.7 Å². The van der Waals surface area contributed by atoms with Gasteiger partial charge in [0.25, 0.3) is 0 Å². The number of para-hydroxylation sites is 1. The number of hydrogen-bond donors (Lipinski definition) is 1. The molecule has 3 aromatic carbocycles. The van der Waals surface area contributed by atoms with E-state index in [2.05, 4.69) is 10.4 Å². The Morgan fingerprint density at radius 1 is 0.941 bits per heavy atom. The fourth-order valence-corrected chi connectivity index (χ4v) is 3.84. The van der Waals surface area contributed by atoms with Gasteiger partial charge in [0.1, 0.15) is 6.61 Å². The van der Waals surface area contributed by atoms with Gasteiger partial charge in [-0.3, -0.25) is 0 Å². The predicted octanol–water partition coefficient (Wildman–Crippen LogP) is 6.17. The highest BCUT2D eigenvalue weighted by molar-refractivity contribution is 6.01. The lowest BCUT2D eigenvalue weighted by molar-refractivity contribution is -0.137. The van der Waals surface area contributed by atoms with Crippen LogP contribution in [0.1, 0.15) is 30.5 Å². The number of fused-ring (bicyclic) bond motifs is 1. The third-order valence-electron chi connectivity index (χ3n) is 5.37. The SMILES string of the molecule is C/C=N\N1C(C(=O)OC)=C(OCc2ccccc2)c2ccc(Nc3ccccc3)cc2/C1=C\C. The molecule has 34 heavy (non-hydrogen) atoms. The number of ether oxygens (including phenoxy) is 2. The second-order valence-electron chi connectivity index (χ2n) is 7.55. The van der Waals surface area contributed by atoms with E-state index in [1.807, 2.05) is 91.9 Å². The number of hydrazone groups is 1. The molecule has 0 fully saturated rings. The molecule has 4 rings (SSSR count). The van der Waals surface area contributed by atoms with Crippen LogP contribution in [-0.4, -0.2) is 24.3 Å². The van der Waals surface area contributed by atoms with Crippen molar-refractivity contribution in [2.45, 2.75) is 20.5 Å². The first-order valence-electron chi connectivity index (χ1n) is 11.1. The summed E-state index contributed by atoms with van der Waals surface area (Å²) in [6.07, 6.45) is 3.56. The molecular formula is C28H27N3O3. The molecule has 0 aromatic heterocycles. The molecule has 1 heterocycles. The molecule has 0 unspecified atom stereocenters. The monoisotopic (exact) mass is 453 g/mol. The minimum atomic E-state index is -0.523. The number of benzene rings is 3. The van der Waals surface area contributed by atoms with Crippen molar-refractivity contribution in [3.05, 3.63) is 107 Å². The van der Waals surface area contributed by atoms with E-state index >= 15 is 0 Å². The molecule has 6 nitrogen and oxygen atoms in total. The molecule has 172 valence electrons. The topological polar surface area (TPSA) is 63.2 Å². The number of anilines is 2. The zero-order valence-electron chi connectivity index (χ0n) is 19.5. The van der Waals surface area contributed by atoms with E-state index in [0.717, 1.165) is 33.8 Å². The normalized spacial score (nSPS) is 14.3. The van der Waals surface area contributed by atoms with Gasteiger partial charge in [-0.2, -0.15) is 5.10 Å². The number of carbonyl (C=O) groups excluding carboxylic acids is 1. The molecule has 0 saturated carbocycles. The average Bonchev–Trinajstić information content (AvgIpc) is 2.88. The summed E-state index contributed by atoms with van der Waals surface area (Å²) in [4.78, 5) is 12.9. The Morgan fingerprint density at radius 2 is 1.65 bits per heavy atom. The first-order chi connectivity index (χ1) is 16.7. The molecule has 1 aliphatic heterocycles.